The minimum atomic E-state index is -0.0691. The highest BCUT2D eigenvalue weighted by atomic mass is 16.5. The van der Waals surface area contributed by atoms with Crippen LogP contribution in [0, 0.1) is 0 Å². The summed E-state index contributed by atoms with van der Waals surface area (Å²) < 4.78 is 6.80. The van der Waals surface area contributed by atoms with E-state index in [1.807, 2.05) is 17.2 Å². The molecule has 1 fully saturated rings. The summed E-state index contributed by atoms with van der Waals surface area (Å²) in [7, 11) is 1.66. The first kappa shape index (κ1) is 17.5. The van der Waals surface area contributed by atoms with Gasteiger partial charge < -0.3 is 19.9 Å². The molecule has 2 N–H and O–H groups in total. The molecule has 142 valence electrons. The number of amides is 2. The smallest absolute Gasteiger partial charge is 0.321 e. The number of carbonyl (C=O) groups is 1. The van der Waals surface area contributed by atoms with Crippen molar-refractivity contribution in [3.05, 3.63) is 42.5 Å². The van der Waals surface area contributed by atoms with Crippen molar-refractivity contribution in [2.24, 2.45) is 0 Å². The summed E-state index contributed by atoms with van der Waals surface area (Å²) in [5.41, 5.74) is 2.94. The molecule has 4 heterocycles. The topological polar surface area (TPSA) is 88.1 Å². The molecule has 0 aliphatic carbocycles. The molecule has 1 saturated heterocycles. The van der Waals surface area contributed by atoms with Crippen molar-refractivity contribution in [3.8, 4) is 0 Å². The zero-order valence-electron chi connectivity index (χ0n) is 15.4. The van der Waals surface area contributed by atoms with Gasteiger partial charge in [0.2, 0.25) is 0 Å². The van der Waals surface area contributed by atoms with E-state index in [0.717, 1.165) is 31.6 Å². The average molecular weight is 368 g/mol. The highest BCUT2D eigenvalue weighted by Gasteiger charge is 2.25. The first-order chi connectivity index (χ1) is 13.2. The number of aromatic amines is 1. The van der Waals surface area contributed by atoms with E-state index in [2.05, 4.69) is 32.6 Å². The maximum atomic E-state index is 12.5. The van der Waals surface area contributed by atoms with E-state index in [4.69, 9.17) is 4.74 Å². The molecule has 0 radical (unpaired) electrons. The number of nitrogens with zero attached hydrogens (tertiary/aromatic N) is 4. The number of hydrogen-bond donors (Lipinski definition) is 2. The number of hydrogen-bond acceptors (Lipinski definition) is 4. The maximum Gasteiger partial charge on any atom is 0.321 e. The fourth-order valence-electron chi connectivity index (χ4n) is 3.65. The summed E-state index contributed by atoms with van der Waals surface area (Å²) in [4.78, 5) is 22.0. The van der Waals surface area contributed by atoms with Gasteiger partial charge in [0.15, 0.2) is 0 Å². The Labute approximate surface area is 157 Å². The van der Waals surface area contributed by atoms with Crippen LogP contribution in [0.2, 0.25) is 0 Å². The summed E-state index contributed by atoms with van der Waals surface area (Å²) in [5.74, 6) is 0.448. The number of anilines is 1. The van der Waals surface area contributed by atoms with Crippen LogP contribution < -0.4 is 5.32 Å². The molecular weight excluding hydrogens is 344 g/mol. The van der Waals surface area contributed by atoms with E-state index in [9.17, 15) is 4.79 Å². The number of ether oxygens (including phenoxy) is 1. The Morgan fingerprint density at radius 3 is 3.07 bits per heavy atom. The molecule has 1 aliphatic rings. The van der Waals surface area contributed by atoms with E-state index >= 15 is 0 Å². The van der Waals surface area contributed by atoms with E-state index in [0.29, 0.717) is 24.8 Å². The third-order valence-electron chi connectivity index (χ3n) is 5.11. The van der Waals surface area contributed by atoms with Crippen molar-refractivity contribution >= 4 is 22.8 Å². The largest absolute Gasteiger partial charge is 0.383 e. The zero-order chi connectivity index (χ0) is 18.6. The number of aromatic nitrogens is 4. The number of nitrogens with one attached hydrogen (secondary N) is 2. The molecule has 3 aromatic rings. The molecule has 2 amide bonds. The molecule has 0 aromatic carbocycles. The Morgan fingerprint density at radius 2 is 2.26 bits per heavy atom. The number of pyridine rings is 1. The summed E-state index contributed by atoms with van der Waals surface area (Å²) in [6.07, 6.45) is 9.24. The van der Waals surface area contributed by atoms with Crippen LogP contribution in [-0.2, 0) is 11.3 Å². The number of carbonyl (C=O) groups excluding carboxylic acids is 1. The monoisotopic (exact) mass is 368 g/mol. The van der Waals surface area contributed by atoms with Gasteiger partial charge in [-0.3, -0.25) is 4.68 Å². The first-order valence-corrected chi connectivity index (χ1v) is 9.24. The van der Waals surface area contributed by atoms with Gasteiger partial charge in [0.05, 0.1) is 25.0 Å². The SMILES string of the molecule is COCCn1cc(NC(=O)N2CCC(c3c[nH]c4ncccc34)CC2)cn1. The highest BCUT2D eigenvalue weighted by Crippen LogP contribution is 2.32. The minimum absolute atomic E-state index is 0.0691. The number of rotatable bonds is 5. The Kier molecular flexibility index (Phi) is 5.06. The lowest BCUT2D eigenvalue weighted by Crippen LogP contribution is -2.40. The van der Waals surface area contributed by atoms with Crippen LogP contribution >= 0.6 is 0 Å². The Morgan fingerprint density at radius 1 is 1.41 bits per heavy atom. The van der Waals surface area contributed by atoms with E-state index < -0.39 is 0 Å². The molecule has 0 spiro atoms. The molecule has 8 heteroatoms. The highest BCUT2D eigenvalue weighted by molar-refractivity contribution is 5.89. The van der Waals surface area contributed by atoms with Gasteiger partial charge in [0, 0.05) is 44.2 Å². The fraction of sp³-hybridized carbons (Fsp3) is 0.421. The Balaban J connectivity index is 1.33. The molecule has 1 aliphatic heterocycles. The van der Waals surface area contributed by atoms with Crippen LogP contribution in [0.4, 0.5) is 10.5 Å². The van der Waals surface area contributed by atoms with Crippen molar-refractivity contribution in [1.82, 2.24) is 24.6 Å². The predicted octanol–water partition coefficient (Wildman–Crippen LogP) is 2.82. The molecule has 0 saturated carbocycles. The van der Waals surface area contributed by atoms with Gasteiger partial charge in [-0.25, -0.2) is 9.78 Å². The number of fused-ring (bicyclic) bond motifs is 1. The summed E-state index contributed by atoms with van der Waals surface area (Å²) in [6, 6.07) is 4.00. The first-order valence-electron chi connectivity index (χ1n) is 9.24. The Hall–Kier alpha value is -2.87. The molecule has 4 rings (SSSR count). The number of urea groups is 1. The predicted molar refractivity (Wildman–Crippen MR) is 103 cm³/mol. The van der Waals surface area contributed by atoms with Crippen LogP contribution in [0.1, 0.15) is 24.3 Å². The second-order valence-electron chi connectivity index (χ2n) is 6.82. The number of piperidine rings is 1. The molecule has 0 atom stereocenters. The third kappa shape index (κ3) is 3.80. The second kappa shape index (κ2) is 7.79. The van der Waals surface area contributed by atoms with Gasteiger partial charge in [0.1, 0.15) is 5.65 Å². The fourth-order valence-corrected chi connectivity index (χ4v) is 3.65. The van der Waals surface area contributed by atoms with Crippen molar-refractivity contribution in [3.63, 3.8) is 0 Å². The second-order valence-corrected chi connectivity index (χ2v) is 6.82. The maximum absolute atomic E-state index is 12.5. The van der Waals surface area contributed by atoms with Crippen molar-refractivity contribution in [2.75, 3.05) is 32.1 Å². The zero-order valence-corrected chi connectivity index (χ0v) is 15.4. The summed E-state index contributed by atoms with van der Waals surface area (Å²) >= 11 is 0. The normalized spacial score (nSPS) is 15.4. The van der Waals surface area contributed by atoms with Crippen molar-refractivity contribution < 1.29 is 9.53 Å². The molecular formula is C19H24N6O2. The van der Waals surface area contributed by atoms with Crippen LogP contribution in [0.15, 0.2) is 36.9 Å². The molecule has 3 aromatic heterocycles. The van der Waals surface area contributed by atoms with Crippen molar-refractivity contribution in [1.29, 1.82) is 0 Å². The number of H-pyrrole nitrogens is 1. The van der Waals surface area contributed by atoms with E-state index in [1.165, 1.54) is 10.9 Å². The molecule has 0 bridgehead atoms. The van der Waals surface area contributed by atoms with Gasteiger partial charge >= 0.3 is 6.03 Å². The summed E-state index contributed by atoms with van der Waals surface area (Å²) in [5, 5.41) is 8.34. The lowest BCUT2D eigenvalue weighted by molar-refractivity contribution is 0.183. The van der Waals surface area contributed by atoms with Gasteiger partial charge in [-0.2, -0.15) is 5.10 Å². The average Bonchev–Trinajstić information content (AvgIpc) is 3.33. The van der Waals surface area contributed by atoms with E-state index in [1.54, 1.807) is 24.2 Å². The quantitative estimate of drug-likeness (QED) is 0.725. The van der Waals surface area contributed by atoms with Gasteiger partial charge in [-0.1, -0.05) is 0 Å². The van der Waals surface area contributed by atoms with Gasteiger partial charge in [-0.15, -0.1) is 0 Å². The van der Waals surface area contributed by atoms with Gasteiger partial charge in [0.25, 0.3) is 0 Å². The molecule has 8 nitrogen and oxygen atoms in total. The molecule has 27 heavy (non-hydrogen) atoms. The third-order valence-corrected chi connectivity index (χ3v) is 5.11. The Bertz CT molecular complexity index is 910. The van der Waals surface area contributed by atoms with E-state index in [-0.39, 0.29) is 6.03 Å². The molecule has 0 unspecified atom stereocenters. The van der Waals surface area contributed by atoms with Crippen LogP contribution in [0.25, 0.3) is 11.0 Å². The number of methoxy groups -OCH3 is 1. The van der Waals surface area contributed by atoms with Crippen LogP contribution in [0.5, 0.6) is 0 Å². The van der Waals surface area contributed by atoms with Gasteiger partial charge in [-0.05, 0) is 36.5 Å². The number of likely N-dealkylation sites (tertiary alicyclic amines) is 1. The standard InChI is InChI=1S/C19H24N6O2/c1-27-10-9-25-13-15(11-22-25)23-19(26)24-7-4-14(5-8-24)17-12-21-18-16(17)3-2-6-20-18/h2-3,6,11-14H,4-5,7-10H2,1H3,(H,20,21)(H,23,26). The minimum Gasteiger partial charge on any atom is -0.383 e. The lowest BCUT2D eigenvalue weighted by Gasteiger charge is -2.31. The lowest BCUT2D eigenvalue weighted by atomic mass is 9.89. The van der Waals surface area contributed by atoms with Crippen LogP contribution in [-0.4, -0.2) is 57.5 Å². The van der Waals surface area contributed by atoms with Crippen molar-refractivity contribution in [2.45, 2.75) is 25.3 Å². The summed E-state index contributed by atoms with van der Waals surface area (Å²) in [6.45, 7) is 2.73. The van der Waals surface area contributed by atoms with Crippen LogP contribution in [0.3, 0.4) is 0 Å².